The van der Waals surface area contributed by atoms with Crippen LogP contribution in [0.1, 0.15) is 24.0 Å². The molecule has 0 aromatic heterocycles. The summed E-state index contributed by atoms with van der Waals surface area (Å²) in [5.41, 5.74) is 1.70. The van der Waals surface area contributed by atoms with E-state index in [2.05, 4.69) is 24.3 Å². The number of amides is 4. The van der Waals surface area contributed by atoms with Crippen LogP contribution in [0.15, 0.2) is 48.6 Å². The maximum atomic E-state index is 13.0. The molecule has 4 amide bonds. The Morgan fingerprint density at radius 3 is 1.28 bits per heavy atom. The first-order valence-corrected chi connectivity index (χ1v) is 11.7. The molecule has 2 aliphatic heterocycles. The Labute approximate surface area is 185 Å². The molecule has 0 N–H and O–H groups in total. The van der Waals surface area contributed by atoms with E-state index >= 15 is 0 Å². The van der Waals surface area contributed by atoms with Gasteiger partial charge in [-0.15, -0.1) is 0 Å². The number of nitrogens with zero attached hydrogens (tertiary/aromatic N) is 2. The van der Waals surface area contributed by atoms with E-state index < -0.39 is 0 Å². The second-order valence-electron chi connectivity index (χ2n) is 10.3. The van der Waals surface area contributed by atoms with Gasteiger partial charge in [-0.2, -0.15) is 0 Å². The molecule has 8 atom stereocenters. The van der Waals surface area contributed by atoms with Gasteiger partial charge < -0.3 is 0 Å². The average molecular weight is 428 g/mol. The zero-order valence-corrected chi connectivity index (χ0v) is 17.6. The highest BCUT2D eigenvalue weighted by Gasteiger charge is 2.60. The summed E-state index contributed by atoms with van der Waals surface area (Å²) < 4.78 is 0. The van der Waals surface area contributed by atoms with Crippen molar-refractivity contribution < 1.29 is 19.2 Å². The van der Waals surface area contributed by atoms with Gasteiger partial charge in [-0.25, -0.2) is 0 Å². The summed E-state index contributed by atoms with van der Waals surface area (Å²) in [5.74, 6) is -0.163. The normalized spacial score (nSPS) is 40.4. The van der Waals surface area contributed by atoms with Crippen molar-refractivity contribution in [1.29, 1.82) is 0 Å². The number of imide groups is 2. The van der Waals surface area contributed by atoms with Crippen LogP contribution in [-0.4, -0.2) is 33.4 Å². The minimum Gasteiger partial charge on any atom is -0.278 e. The second kappa shape index (κ2) is 6.27. The molecule has 7 rings (SSSR count). The molecular weight excluding hydrogens is 404 g/mol. The van der Waals surface area contributed by atoms with E-state index in [0.717, 1.165) is 24.0 Å². The fourth-order valence-electron chi connectivity index (χ4n) is 7.43. The number of hydrogen-bond donors (Lipinski definition) is 0. The monoisotopic (exact) mass is 428 g/mol. The first kappa shape index (κ1) is 18.5. The fraction of sp³-hybridized carbons (Fsp3) is 0.462. The number of benzene rings is 1. The van der Waals surface area contributed by atoms with Gasteiger partial charge in [0.2, 0.25) is 23.6 Å². The Bertz CT molecular complexity index is 1010. The van der Waals surface area contributed by atoms with E-state index in [1.165, 1.54) is 9.80 Å². The Hall–Kier alpha value is -3.02. The zero-order chi connectivity index (χ0) is 21.7. The van der Waals surface area contributed by atoms with Crippen LogP contribution < -0.4 is 0 Å². The van der Waals surface area contributed by atoms with Crippen LogP contribution in [0.25, 0.3) is 0 Å². The summed E-state index contributed by atoms with van der Waals surface area (Å²) in [6.45, 7) is 0.498. The lowest BCUT2D eigenvalue weighted by Gasteiger charge is -2.19. The lowest BCUT2D eigenvalue weighted by atomic mass is 9.85. The highest BCUT2D eigenvalue weighted by Crippen LogP contribution is 2.53. The quantitative estimate of drug-likeness (QED) is 0.545. The molecular formula is C26H24N2O4. The third kappa shape index (κ3) is 2.30. The third-order valence-corrected chi connectivity index (χ3v) is 8.80. The van der Waals surface area contributed by atoms with Crippen molar-refractivity contribution in [3.8, 4) is 0 Å². The van der Waals surface area contributed by atoms with Crippen molar-refractivity contribution in [1.82, 2.24) is 9.80 Å². The van der Waals surface area contributed by atoms with Gasteiger partial charge >= 0.3 is 0 Å². The largest absolute Gasteiger partial charge is 0.278 e. The van der Waals surface area contributed by atoms with Gasteiger partial charge in [0, 0.05) is 0 Å². The van der Waals surface area contributed by atoms with Crippen molar-refractivity contribution in [2.24, 2.45) is 47.3 Å². The molecule has 1 aromatic rings. The van der Waals surface area contributed by atoms with Gasteiger partial charge in [-0.3, -0.25) is 29.0 Å². The fourth-order valence-corrected chi connectivity index (χ4v) is 7.43. The minimum atomic E-state index is -0.191. The summed E-state index contributed by atoms with van der Waals surface area (Å²) in [7, 11) is 0. The van der Waals surface area contributed by atoms with Gasteiger partial charge in [-0.05, 0) is 47.6 Å². The number of hydrogen-bond acceptors (Lipinski definition) is 4. The molecule has 6 nitrogen and oxygen atoms in total. The Morgan fingerprint density at radius 1 is 0.594 bits per heavy atom. The lowest BCUT2D eigenvalue weighted by Crippen LogP contribution is -2.33. The first-order valence-electron chi connectivity index (χ1n) is 11.7. The number of carbonyl (C=O) groups excluding carboxylic acids is 4. The molecule has 6 heteroatoms. The molecule has 32 heavy (non-hydrogen) atoms. The van der Waals surface area contributed by atoms with E-state index in [1.54, 1.807) is 0 Å². The van der Waals surface area contributed by atoms with Gasteiger partial charge in [0.25, 0.3) is 0 Å². The summed E-state index contributed by atoms with van der Waals surface area (Å²) in [5, 5.41) is 0. The van der Waals surface area contributed by atoms with Crippen LogP contribution >= 0.6 is 0 Å². The number of rotatable bonds is 4. The van der Waals surface area contributed by atoms with E-state index in [-0.39, 0.29) is 84.1 Å². The van der Waals surface area contributed by atoms with Gasteiger partial charge in [0.15, 0.2) is 0 Å². The van der Waals surface area contributed by atoms with E-state index in [1.807, 2.05) is 24.3 Å². The lowest BCUT2D eigenvalue weighted by molar-refractivity contribution is -0.142. The average Bonchev–Trinajstić information content (AvgIpc) is 3.62. The maximum Gasteiger partial charge on any atom is 0.234 e. The summed E-state index contributed by atoms with van der Waals surface area (Å²) in [6.07, 6.45) is 10.2. The topological polar surface area (TPSA) is 74.8 Å². The Kier molecular flexibility index (Phi) is 3.63. The predicted molar refractivity (Wildman–Crippen MR) is 113 cm³/mol. The maximum absolute atomic E-state index is 13.0. The Morgan fingerprint density at radius 2 is 0.938 bits per heavy atom. The van der Waals surface area contributed by atoms with Crippen LogP contribution in [-0.2, 0) is 32.3 Å². The van der Waals surface area contributed by atoms with Gasteiger partial charge in [-0.1, -0.05) is 48.6 Å². The van der Waals surface area contributed by atoms with Crippen molar-refractivity contribution in [3.05, 3.63) is 59.7 Å². The molecule has 2 heterocycles. The number of carbonyl (C=O) groups is 4. The molecule has 4 fully saturated rings. The number of allylic oxidation sites excluding steroid dienone is 4. The number of likely N-dealkylation sites (tertiary alicyclic amines) is 2. The summed E-state index contributed by atoms with van der Waals surface area (Å²) in [6, 6.07) is 7.59. The van der Waals surface area contributed by atoms with Crippen LogP contribution in [0.4, 0.5) is 0 Å². The molecule has 4 bridgehead atoms. The SMILES string of the molecule is O=C1C2C3C=CC(C3)C2C(=O)N1Cc1cccc(CN2C(=O)C3C4C=CC(C4)C3C2=O)c1. The third-order valence-electron chi connectivity index (χ3n) is 8.80. The smallest absolute Gasteiger partial charge is 0.234 e. The van der Waals surface area contributed by atoms with Crippen molar-refractivity contribution in [2.45, 2.75) is 25.9 Å². The molecule has 1 aromatic carbocycles. The first-order chi connectivity index (χ1) is 15.5. The molecule has 6 aliphatic rings. The second-order valence-corrected chi connectivity index (χ2v) is 10.3. The van der Waals surface area contributed by atoms with Crippen LogP contribution in [0.2, 0.25) is 0 Å². The molecule has 4 aliphatic carbocycles. The molecule has 0 spiro atoms. The standard InChI is InChI=1S/C26H24N2O4/c29-23-19-15-4-5-16(9-15)20(19)24(30)27(23)11-13-2-1-3-14(8-13)12-28-25(31)21-17-6-7-18(10-17)22(21)26(28)32/h1-8,15-22H,9-12H2. The van der Waals surface area contributed by atoms with Crippen molar-refractivity contribution in [2.75, 3.05) is 0 Å². The summed E-state index contributed by atoms with van der Waals surface area (Å²) >= 11 is 0. The molecule has 162 valence electrons. The predicted octanol–water partition coefficient (Wildman–Crippen LogP) is 2.30. The van der Waals surface area contributed by atoms with Gasteiger partial charge in [0.1, 0.15) is 0 Å². The van der Waals surface area contributed by atoms with Crippen molar-refractivity contribution in [3.63, 3.8) is 0 Å². The number of fused-ring (bicyclic) bond motifs is 10. The molecule has 2 saturated heterocycles. The Balaban J connectivity index is 1.09. The molecule has 8 unspecified atom stereocenters. The summed E-state index contributed by atoms with van der Waals surface area (Å²) in [4.78, 5) is 54.8. The minimum absolute atomic E-state index is 0.0528. The molecule has 0 radical (unpaired) electrons. The van der Waals surface area contributed by atoms with Crippen LogP contribution in [0.3, 0.4) is 0 Å². The van der Waals surface area contributed by atoms with Gasteiger partial charge in [0.05, 0.1) is 36.8 Å². The van der Waals surface area contributed by atoms with E-state index in [9.17, 15) is 19.2 Å². The van der Waals surface area contributed by atoms with Crippen LogP contribution in [0.5, 0.6) is 0 Å². The van der Waals surface area contributed by atoms with E-state index in [0.29, 0.717) is 0 Å². The van der Waals surface area contributed by atoms with Crippen LogP contribution in [0, 0.1) is 47.3 Å². The molecule has 2 saturated carbocycles. The van der Waals surface area contributed by atoms with E-state index in [4.69, 9.17) is 0 Å². The zero-order valence-electron chi connectivity index (χ0n) is 17.6. The van der Waals surface area contributed by atoms with Crippen molar-refractivity contribution >= 4 is 23.6 Å². The highest BCUT2D eigenvalue weighted by molar-refractivity contribution is 6.07. The highest BCUT2D eigenvalue weighted by atomic mass is 16.2.